The Morgan fingerprint density at radius 1 is 1.31 bits per heavy atom. The minimum absolute atomic E-state index is 0.318. The number of halogens is 4. The Bertz CT molecular complexity index is 385. The van der Waals surface area contributed by atoms with Gasteiger partial charge in [0.25, 0.3) is 0 Å². The lowest BCUT2D eigenvalue weighted by atomic mass is 10.1. The number of rotatable bonds is 3. The zero-order valence-corrected chi connectivity index (χ0v) is 9.15. The van der Waals surface area contributed by atoms with Gasteiger partial charge in [0.15, 0.2) is 0 Å². The second-order valence-corrected chi connectivity index (χ2v) is 3.60. The van der Waals surface area contributed by atoms with Gasteiger partial charge in [-0.05, 0) is 30.2 Å². The summed E-state index contributed by atoms with van der Waals surface area (Å²) in [4.78, 5) is 0. The molecule has 0 aliphatic carbocycles. The van der Waals surface area contributed by atoms with Crippen LogP contribution in [0.1, 0.15) is 17.5 Å². The molecule has 16 heavy (non-hydrogen) atoms. The Balaban J connectivity index is 3.00. The fourth-order valence-corrected chi connectivity index (χ4v) is 1.29. The third-order valence-corrected chi connectivity index (χ3v) is 2.21. The predicted octanol–water partition coefficient (Wildman–Crippen LogP) is 3.93. The molecule has 1 aromatic rings. The van der Waals surface area contributed by atoms with Crippen molar-refractivity contribution >= 4 is 23.4 Å². The summed E-state index contributed by atoms with van der Waals surface area (Å²) >= 11 is 5.45. The molecule has 1 rings (SSSR count). The highest BCUT2D eigenvalue weighted by Gasteiger charge is 2.30. The van der Waals surface area contributed by atoms with Gasteiger partial charge in [0.2, 0.25) is 0 Å². The Hall–Kier alpha value is -1.16. The van der Waals surface area contributed by atoms with E-state index >= 15 is 0 Å². The fourth-order valence-electron chi connectivity index (χ4n) is 1.17. The van der Waals surface area contributed by atoms with Crippen molar-refractivity contribution in [2.24, 2.45) is 0 Å². The molecule has 0 heterocycles. The van der Waals surface area contributed by atoms with Crippen LogP contribution in [0.2, 0.25) is 0 Å². The first-order valence-electron chi connectivity index (χ1n) is 4.64. The average Bonchev–Trinajstić information content (AvgIpc) is 2.19. The number of hydrogen-bond acceptors (Lipinski definition) is 1. The third kappa shape index (κ3) is 3.45. The molecular weight excluding hydrogens is 239 g/mol. The standard InChI is InChI=1S/C11H11ClF3N/c12-6-2-1-3-8-7-9(11(13,14)15)4-5-10(8)16/h1,3-5,7H,2,6,16H2. The zero-order chi connectivity index (χ0) is 12.2. The highest BCUT2D eigenvalue weighted by molar-refractivity contribution is 6.17. The summed E-state index contributed by atoms with van der Waals surface area (Å²) in [6.07, 6.45) is -0.508. The molecule has 0 saturated heterocycles. The van der Waals surface area contributed by atoms with Crippen molar-refractivity contribution in [2.75, 3.05) is 11.6 Å². The van der Waals surface area contributed by atoms with Crippen molar-refractivity contribution in [3.63, 3.8) is 0 Å². The minimum Gasteiger partial charge on any atom is -0.398 e. The molecule has 0 fully saturated rings. The first-order chi connectivity index (χ1) is 7.45. The smallest absolute Gasteiger partial charge is 0.398 e. The molecule has 0 saturated carbocycles. The Kier molecular flexibility index (Phi) is 4.24. The van der Waals surface area contributed by atoms with Gasteiger partial charge in [0.1, 0.15) is 0 Å². The van der Waals surface area contributed by atoms with Gasteiger partial charge in [-0.15, -0.1) is 11.6 Å². The second-order valence-electron chi connectivity index (χ2n) is 3.22. The molecule has 0 bridgehead atoms. The highest BCUT2D eigenvalue weighted by atomic mass is 35.5. The molecule has 0 aliphatic rings. The maximum atomic E-state index is 12.4. The maximum Gasteiger partial charge on any atom is 0.416 e. The Morgan fingerprint density at radius 2 is 2.00 bits per heavy atom. The van der Waals surface area contributed by atoms with E-state index in [0.717, 1.165) is 12.1 Å². The molecule has 0 aromatic heterocycles. The van der Waals surface area contributed by atoms with Gasteiger partial charge < -0.3 is 5.73 Å². The maximum absolute atomic E-state index is 12.4. The number of alkyl halides is 4. The van der Waals surface area contributed by atoms with E-state index in [1.807, 2.05) is 0 Å². The van der Waals surface area contributed by atoms with Gasteiger partial charge in [-0.1, -0.05) is 12.2 Å². The van der Waals surface area contributed by atoms with E-state index in [1.165, 1.54) is 6.07 Å². The molecule has 0 atom stereocenters. The van der Waals surface area contributed by atoms with Gasteiger partial charge in [0, 0.05) is 11.6 Å². The van der Waals surface area contributed by atoms with Crippen LogP contribution in [0.5, 0.6) is 0 Å². The Morgan fingerprint density at radius 3 is 2.56 bits per heavy atom. The average molecular weight is 250 g/mol. The predicted molar refractivity (Wildman–Crippen MR) is 60.2 cm³/mol. The van der Waals surface area contributed by atoms with Crippen molar-refractivity contribution in [2.45, 2.75) is 12.6 Å². The molecule has 0 radical (unpaired) electrons. The van der Waals surface area contributed by atoms with Crippen molar-refractivity contribution < 1.29 is 13.2 Å². The molecule has 88 valence electrons. The SMILES string of the molecule is Nc1ccc(C(F)(F)F)cc1C=CCCCl. The molecule has 2 N–H and O–H groups in total. The first kappa shape index (κ1) is 12.9. The quantitative estimate of drug-likeness (QED) is 0.637. The van der Waals surface area contributed by atoms with Crippen molar-refractivity contribution in [3.8, 4) is 0 Å². The van der Waals surface area contributed by atoms with E-state index in [1.54, 1.807) is 12.2 Å². The lowest BCUT2D eigenvalue weighted by Crippen LogP contribution is -2.05. The van der Waals surface area contributed by atoms with Gasteiger partial charge in [-0.25, -0.2) is 0 Å². The van der Waals surface area contributed by atoms with Crippen LogP contribution < -0.4 is 5.73 Å². The summed E-state index contributed by atoms with van der Waals surface area (Å²) < 4.78 is 37.2. The van der Waals surface area contributed by atoms with E-state index in [2.05, 4.69) is 0 Å². The normalized spacial score (nSPS) is 12.2. The molecule has 0 aliphatic heterocycles. The number of hydrogen-bond donors (Lipinski definition) is 1. The van der Waals surface area contributed by atoms with E-state index in [0.29, 0.717) is 23.6 Å². The van der Waals surface area contributed by atoms with Gasteiger partial charge in [-0.3, -0.25) is 0 Å². The first-order valence-corrected chi connectivity index (χ1v) is 5.18. The monoisotopic (exact) mass is 249 g/mol. The van der Waals surface area contributed by atoms with Gasteiger partial charge in [0.05, 0.1) is 5.56 Å². The van der Waals surface area contributed by atoms with Crippen molar-refractivity contribution in [1.29, 1.82) is 0 Å². The highest BCUT2D eigenvalue weighted by Crippen LogP contribution is 2.31. The number of nitrogens with two attached hydrogens (primary N) is 1. The Labute approximate surface area is 96.7 Å². The second kappa shape index (κ2) is 5.25. The van der Waals surface area contributed by atoms with Crippen LogP contribution in [0.15, 0.2) is 24.3 Å². The van der Waals surface area contributed by atoms with Gasteiger partial charge >= 0.3 is 6.18 Å². The van der Waals surface area contributed by atoms with Gasteiger partial charge in [-0.2, -0.15) is 13.2 Å². The number of benzene rings is 1. The van der Waals surface area contributed by atoms with Crippen molar-refractivity contribution in [3.05, 3.63) is 35.4 Å². The summed E-state index contributed by atoms with van der Waals surface area (Å²) in [5.41, 5.74) is 5.54. The van der Waals surface area contributed by atoms with E-state index < -0.39 is 11.7 Å². The minimum atomic E-state index is -4.34. The molecule has 1 nitrogen and oxygen atoms in total. The largest absolute Gasteiger partial charge is 0.416 e. The van der Waals surface area contributed by atoms with E-state index in [9.17, 15) is 13.2 Å². The third-order valence-electron chi connectivity index (χ3n) is 1.99. The molecule has 5 heteroatoms. The summed E-state index contributed by atoms with van der Waals surface area (Å²) in [5.74, 6) is 0.426. The molecular formula is C11H11ClF3N. The number of anilines is 1. The fraction of sp³-hybridized carbons (Fsp3) is 0.273. The van der Waals surface area contributed by atoms with Crippen LogP contribution in [-0.2, 0) is 6.18 Å². The number of allylic oxidation sites excluding steroid dienone is 1. The topological polar surface area (TPSA) is 26.0 Å². The lowest BCUT2D eigenvalue weighted by Gasteiger charge is -2.08. The lowest BCUT2D eigenvalue weighted by molar-refractivity contribution is -0.137. The van der Waals surface area contributed by atoms with Crippen LogP contribution in [-0.4, -0.2) is 5.88 Å². The number of nitrogen functional groups attached to an aromatic ring is 1. The van der Waals surface area contributed by atoms with Crippen LogP contribution in [0.3, 0.4) is 0 Å². The van der Waals surface area contributed by atoms with E-state index in [-0.39, 0.29) is 0 Å². The zero-order valence-electron chi connectivity index (χ0n) is 8.39. The molecule has 0 unspecified atom stereocenters. The molecule has 1 aromatic carbocycles. The van der Waals surface area contributed by atoms with Crippen LogP contribution in [0.25, 0.3) is 6.08 Å². The van der Waals surface area contributed by atoms with E-state index in [4.69, 9.17) is 17.3 Å². The van der Waals surface area contributed by atoms with Crippen LogP contribution in [0, 0.1) is 0 Å². The van der Waals surface area contributed by atoms with Crippen molar-refractivity contribution in [1.82, 2.24) is 0 Å². The molecule has 0 amide bonds. The van der Waals surface area contributed by atoms with Crippen LogP contribution >= 0.6 is 11.6 Å². The summed E-state index contributed by atoms with van der Waals surface area (Å²) in [5, 5.41) is 0. The summed E-state index contributed by atoms with van der Waals surface area (Å²) in [7, 11) is 0. The summed E-state index contributed by atoms with van der Waals surface area (Å²) in [6.45, 7) is 0. The molecule has 0 spiro atoms. The summed E-state index contributed by atoms with van der Waals surface area (Å²) in [6, 6.07) is 3.25. The van der Waals surface area contributed by atoms with Crippen LogP contribution in [0.4, 0.5) is 18.9 Å².